The quantitative estimate of drug-likeness (QED) is 0.756. The first-order chi connectivity index (χ1) is 10.1. The molecule has 21 heavy (non-hydrogen) atoms. The lowest BCUT2D eigenvalue weighted by atomic mass is 10.1. The lowest BCUT2D eigenvalue weighted by Gasteiger charge is -2.06. The Morgan fingerprint density at radius 2 is 1.95 bits per heavy atom. The van der Waals surface area contributed by atoms with Crippen molar-refractivity contribution >= 4 is 0 Å². The van der Waals surface area contributed by atoms with Gasteiger partial charge in [0, 0.05) is 18.0 Å². The predicted molar refractivity (Wildman–Crippen MR) is 75.1 cm³/mol. The van der Waals surface area contributed by atoms with Gasteiger partial charge in [-0.1, -0.05) is 12.1 Å². The molecule has 2 aromatic heterocycles. The monoisotopic (exact) mass is 283 g/mol. The molecule has 2 N–H and O–H groups in total. The molecular weight excluding hydrogens is 273 g/mol. The van der Waals surface area contributed by atoms with Crippen LogP contribution in [0.5, 0.6) is 5.88 Å². The number of hydrogen-bond acceptors (Lipinski definition) is 4. The highest BCUT2D eigenvalue weighted by Gasteiger charge is 2.14. The number of aromatic amines is 1. The molecule has 0 amide bonds. The molecule has 0 saturated heterocycles. The minimum atomic E-state index is -0.549. The first kappa shape index (κ1) is 13.0. The molecule has 0 aliphatic carbocycles. The molecule has 0 spiro atoms. The molecular formula is C15H10FN3O2. The van der Waals surface area contributed by atoms with E-state index in [1.807, 2.05) is 0 Å². The molecule has 0 unspecified atom stereocenters. The highest BCUT2D eigenvalue weighted by atomic mass is 19.1. The van der Waals surface area contributed by atoms with Crippen LogP contribution in [0.25, 0.3) is 22.5 Å². The fraction of sp³-hybridized carbons (Fsp3) is 0. The highest BCUT2D eigenvalue weighted by Crippen LogP contribution is 2.25. The van der Waals surface area contributed by atoms with Gasteiger partial charge in [-0.3, -0.25) is 9.78 Å². The van der Waals surface area contributed by atoms with Gasteiger partial charge in [-0.2, -0.15) is 4.98 Å². The molecule has 0 aliphatic heterocycles. The van der Waals surface area contributed by atoms with E-state index in [2.05, 4.69) is 15.0 Å². The number of rotatable bonds is 2. The third-order valence-corrected chi connectivity index (χ3v) is 2.95. The molecule has 2 heterocycles. The molecule has 0 saturated carbocycles. The molecule has 1 aromatic carbocycles. The maximum atomic E-state index is 13.2. The van der Waals surface area contributed by atoms with Gasteiger partial charge < -0.3 is 10.1 Å². The van der Waals surface area contributed by atoms with Crippen molar-refractivity contribution in [3.63, 3.8) is 0 Å². The van der Waals surface area contributed by atoms with Crippen LogP contribution < -0.4 is 5.56 Å². The topological polar surface area (TPSA) is 78.9 Å². The van der Waals surface area contributed by atoms with E-state index in [4.69, 9.17) is 0 Å². The lowest BCUT2D eigenvalue weighted by molar-refractivity contribution is 0.454. The van der Waals surface area contributed by atoms with Crippen molar-refractivity contribution < 1.29 is 9.50 Å². The Kier molecular flexibility index (Phi) is 3.19. The number of hydrogen-bond donors (Lipinski definition) is 2. The summed E-state index contributed by atoms with van der Waals surface area (Å²) in [4.78, 5) is 22.6. The maximum absolute atomic E-state index is 13.2. The summed E-state index contributed by atoms with van der Waals surface area (Å²) >= 11 is 0. The van der Waals surface area contributed by atoms with Gasteiger partial charge in [0.05, 0.1) is 0 Å². The zero-order valence-corrected chi connectivity index (χ0v) is 10.7. The van der Waals surface area contributed by atoms with Crippen molar-refractivity contribution in [2.45, 2.75) is 0 Å². The molecule has 0 radical (unpaired) electrons. The van der Waals surface area contributed by atoms with Crippen molar-refractivity contribution in [1.82, 2.24) is 15.0 Å². The van der Waals surface area contributed by atoms with Crippen LogP contribution in [-0.2, 0) is 0 Å². The van der Waals surface area contributed by atoms with Crippen molar-refractivity contribution in [2.24, 2.45) is 0 Å². The molecule has 6 heteroatoms. The van der Waals surface area contributed by atoms with Gasteiger partial charge in [0.2, 0.25) is 5.88 Å². The third-order valence-electron chi connectivity index (χ3n) is 2.95. The van der Waals surface area contributed by atoms with E-state index in [9.17, 15) is 14.3 Å². The highest BCUT2D eigenvalue weighted by molar-refractivity contribution is 5.69. The standard InChI is InChI=1S/C15H10FN3O2/c16-11-5-1-3-9(7-11)12-14(20)18-13(19-15(12)21)10-4-2-6-17-8-10/h1-8H,(H2,18,19,20,21). The van der Waals surface area contributed by atoms with E-state index in [1.54, 1.807) is 18.3 Å². The van der Waals surface area contributed by atoms with Crippen LogP contribution in [0.15, 0.2) is 53.6 Å². The van der Waals surface area contributed by atoms with Crippen LogP contribution in [0, 0.1) is 5.82 Å². The van der Waals surface area contributed by atoms with Crippen LogP contribution >= 0.6 is 0 Å². The summed E-state index contributed by atoms with van der Waals surface area (Å²) in [6.45, 7) is 0. The average molecular weight is 283 g/mol. The minimum absolute atomic E-state index is 0.0675. The summed E-state index contributed by atoms with van der Waals surface area (Å²) in [5.41, 5.74) is 0.212. The van der Waals surface area contributed by atoms with Gasteiger partial charge in [-0.15, -0.1) is 0 Å². The van der Waals surface area contributed by atoms with E-state index >= 15 is 0 Å². The van der Waals surface area contributed by atoms with Gasteiger partial charge in [0.15, 0.2) is 0 Å². The van der Waals surface area contributed by atoms with Crippen LogP contribution in [-0.4, -0.2) is 20.1 Å². The molecule has 104 valence electrons. The molecule has 3 aromatic rings. The average Bonchev–Trinajstić information content (AvgIpc) is 2.47. The first-order valence-corrected chi connectivity index (χ1v) is 6.15. The Bertz CT molecular complexity index is 847. The van der Waals surface area contributed by atoms with Gasteiger partial charge in [-0.05, 0) is 29.8 Å². The van der Waals surface area contributed by atoms with Gasteiger partial charge >= 0.3 is 0 Å². The normalized spacial score (nSPS) is 10.5. The number of aromatic hydroxyl groups is 1. The summed E-state index contributed by atoms with van der Waals surface area (Å²) in [6, 6.07) is 8.79. The Morgan fingerprint density at radius 3 is 2.62 bits per heavy atom. The Hall–Kier alpha value is -3.02. The van der Waals surface area contributed by atoms with Crippen molar-refractivity contribution in [1.29, 1.82) is 0 Å². The number of aromatic nitrogens is 3. The van der Waals surface area contributed by atoms with E-state index in [0.717, 1.165) is 6.07 Å². The molecule has 0 atom stereocenters. The molecule has 0 aliphatic rings. The summed E-state index contributed by atoms with van der Waals surface area (Å²) in [5.74, 6) is -0.753. The minimum Gasteiger partial charge on any atom is -0.493 e. The third kappa shape index (κ3) is 2.51. The van der Waals surface area contributed by atoms with Crippen molar-refractivity contribution in [2.75, 3.05) is 0 Å². The SMILES string of the molecule is O=c1[nH]c(-c2cccnc2)nc(O)c1-c1cccc(F)c1. The predicted octanol–water partition coefficient (Wildman–Crippen LogP) is 2.34. The second kappa shape index (κ2) is 5.16. The van der Waals surface area contributed by atoms with E-state index < -0.39 is 17.3 Å². The number of nitrogens with zero attached hydrogens (tertiary/aromatic N) is 2. The molecule has 3 rings (SSSR count). The first-order valence-electron chi connectivity index (χ1n) is 6.15. The number of halogens is 1. The zero-order valence-electron chi connectivity index (χ0n) is 10.7. The van der Waals surface area contributed by atoms with E-state index in [1.165, 1.54) is 24.4 Å². The summed E-state index contributed by atoms with van der Waals surface area (Å²) in [7, 11) is 0. The lowest BCUT2D eigenvalue weighted by Crippen LogP contribution is -2.12. The summed E-state index contributed by atoms with van der Waals surface area (Å²) in [6.07, 6.45) is 3.10. The van der Waals surface area contributed by atoms with Crippen LogP contribution in [0.2, 0.25) is 0 Å². The van der Waals surface area contributed by atoms with E-state index in [0.29, 0.717) is 5.56 Å². The number of nitrogens with one attached hydrogen (secondary N) is 1. The van der Waals surface area contributed by atoms with Crippen LogP contribution in [0.4, 0.5) is 4.39 Å². The molecule has 0 fully saturated rings. The Balaban J connectivity index is 2.16. The Labute approximate surface area is 118 Å². The van der Waals surface area contributed by atoms with E-state index in [-0.39, 0.29) is 17.0 Å². The second-order valence-corrected chi connectivity index (χ2v) is 4.37. The van der Waals surface area contributed by atoms with Crippen molar-refractivity contribution in [3.05, 3.63) is 65.0 Å². The smallest absolute Gasteiger partial charge is 0.262 e. The maximum Gasteiger partial charge on any atom is 0.262 e. The van der Waals surface area contributed by atoms with Gasteiger partial charge in [-0.25, -0.2) is 4.39 Å². The fourth-order valence-electron chi connectivity index (χ4n) is 2.01. The number of benzene rings is 1. The van der Waals surface area contributed by atoms with Gasteiger partial charge in [0.25, 0.3) is 5.56 Å². The summed E-state index contributed by atoms with van der Waals surface area (Å²) in [5, 5.41) is 10.0. The van der Waals surface area contributed by atoms with Crippen LogP contribution in [0.3, 0.4) is 0 Å². The number of pyridine rings is 1. The van der Waals surface area contributed by atoms with Crippen LogP contribution in [0.1, 0.15) is 0 Å². The second-order valence-electron chi connectivity index (χ2n) is 4.37. The Morgan fingerprint density at radius 1 is 1.14 bits per heavy atom. The fourth-order valence-corrected chi connectivity index (χ4v) is 2.01. The van der Waals surface area contributed by atoms with Gasteiger partial charge in [0.1, 0.15) is 17.2 Å². The summed E-state index contributed by atoms with van der Waals surface area (Å²) < 4.78 is 13.2. The molecule has 5 nitrogen and oxygen atoms in total. The largest absolute Gasteiger partial charge is 0.493 e. The zero-order chi connectivity index (χ0) is 14.8. The number of H-pyrrole nitrogens is 1. The molecule has 0 bridgehead atoms. The van der Waals surface area contributed by atoms with Crippen molar-refractivity contribution in [3.8, 4) is 28.4 Å².